The smallest absolute Gasteiger partial charge is 0.407 e. The Bertz CT molecular complexity index is 975. The van der Waals surface area contributed by atoms with Gasteiger partial charge < -0.3 is 26.3 Å². The minimum Gasteiger partial charge on any atom is -0.494 e. The number of nitrogens with zero attached hydrogens (tertiary/aromatic N) is 2. The predicted octanol–water partition coefficient (Wildman–Crippen LogP) is 4.56. The van der Waals surface area contributed by atoms with Crippen LogP contribution in [0.4, 0.5) is 4.79 Å². The number of amides is 1. The highest BCUT2D eigenvalue weighted by Gasteiger charge is 2.15. The number of halogens is 1. The minimum atomic E-state index is -0.465. The van der Waals surface area contributed by atoms with Gasteiger partial charge in [0, 0.05) is 12.7 Å². The van der Waals surface area contributed by atoms with E-state index in [0.29, 0.717) is 19.5 Å². The number of ether oxygens (including phenoxy) is 2. The molecule has 0 saturated heterocycles. The summed E-state index contributed by atoms with van der Waals surface area (Å²) >= 11 is 2.31. The lowest BCUT2D eigenvalue weighted by atomic mass is 9.70. The van der Waals surface area contributed by atoms with Crippen molar-refractivity contribution in [3.63, 3.8) is 0 Å². The van der Waals surface area contributed by atoms with Crippen LogP contribution >= 0.6 is 28.4 Å². The van der Waals surface area contributed by atoms with Crippen LogP contribution in [-0.4, -0.2) is 41.7 Å². The molecule has 1 aromatic carbocycles. The summed E-state index contributed by atoms with van der Waals surface area (Å²) in [6.07, 6.45) is 10.8. The molecule has 0 aliphatic carbocycles. The Morgan fingerprint density at radius 3 is 2.76 bits per heavy atom. The summed E-state index contributed by atoms with van der Waals surface area (Å²) in [6.45, 7) is 6.83. The van der Waals surface area contributed by atoms with Gasteiger partial charge in [-0.15, -0.1) is 0 Å². The number of unbranched alkanes of at least 4 members (excludes halogenated alkanes) is 1. The second kappa shape index (κ2) is 13.7. The Kier molecular flexibility index (Phi) is 11.3. The summed E-state index contributed by atoms with van der Waals surface area (Å²) in [5, 5.41) is 8.26. The highest BCUT2D eigenvalue weighted by atomic mass is 127. The van der Waals surface area contributed by atoms with Crippen LogP contribution in [0.25, 0.3) is 16.5 Å². The van der Waals surface area contributed by atoms with Crippen LogP contribution in [0.15, 0.2) is 36.8 Å². The molecule has 1 heterocycles. The topological polar surface area (TPSA) is 117 Å². The van der Waals surface area contributed by atoms with Gasteiger partial charge in [-0.2, -0.15) is 5.10 Å². The fourth-order valence-electron chi connectivity index (χ4n) is 3.24. The summed E-state index contributed by atoms with van der Waals surface area (Å²) in [5.41, 5.74) is 13.7. The third-order valence-corrected chi connectivity index (χ3v) is 6.65. The maximum Gasteiger partial charge on any atom is 0.407 e. The molecular formula is C22H34BIN5O3P. The zero-order valence-corrected chi connectivity index (χ0v) is 22.7. The normalized spacial score (nSPS) is 12.7. The van der Waals surface area contributed by atoms with Crippen molar-refractivity contribution in [3.05, 3.63) is 42.4 Å². The highest BCUT2D eigenvalue weighted by molar-refractivity contribution is 14.2. The minimum absolute atomic E-state index is 0.356. The zero-order valence-electron chi connectivity index (χ0n) is 19.6. The number of fused-ring (bicyclic) bond motifs is 1. The van der Waals surface area contributed by atoms with Gasteiger partial charge in [0.15, 0.2) is 0 Å². The van der Waals surface area contributed by atoms with Gasteiger partial charge in [-0.1, -0.05) is 12.7 Å². The van der Waals surface area contributed by atoms with Gasteiger partial charge in [0.05, 0.1) is 30.1 Å². The van der Waals surface area contributed by atoms with Gasteiger partial charge in [-0.3, -0.25) is 0 Å². The second-order valence-corrected chi connectivity index (χ2v) is 10.6. The van der Waals surface area contributed by atoms with Crippen LogP contribution in [0.3, 0.4) is 0 Å². The first-order valence-electron chi connectivity index (χ1n) is 11.1. The Morgan fingerprint density at radius 2 is 2.09 bits per heavy atom. The number of nitrogens with two attached hydrogens (primary N) is 2. The number of alkyl carbamates (subject to hydrolysis) is 1. The van der Waals surface area contributed by atoms with Crippen LogP contribution in [0.1, 0.15) is 39.2 Å². The zero-order chi connectivity index (χ0) is 24.3. The van der Waals surface area contributed by atoms with E-state index < -0.39 is 5.60 Å². The van der Waals surface area contributed by atoms with Crippen LogP contribution < -0.4 is 21.5 Å². The van der Waals surface area contributed by atoms with Crippen molar-refractivity contribution in [1.82, 2.24) is 14.9 Å². The van der Waals surface area contributed by atoms with Crippen LogP contribution in [0.5, 0.6) is 5.75 Å². The quantitative estimate of drug-likeness (QED) is 0.111. The molecule has 0 aliphatic rings. The van der Waals surface area contributed by atoms with Gasteiger partial charge in [0.1, 0.15) is 18.6 Å². The number of nitrogens with one attached hydrogen (secondary N) is 1. The molecule has 1 amide bonds. The molecular weight excluding hydrogens is 551 g/mol. The van der Waals surface area contributed by atoms with E-state index in [-0.39, 0.29) is 6.09 Å². The summed E-state index contributed by atoms with van der Waals surface area (Å²) < 4.78 is 13.3. The molecule has 8 nitrogen and oxygen atoms in total. The molecule has 1 atom stereocenters. The Morgan fingerprint density at radius 1 is 1.30 bits per heavy atom. The molecule has 2 aromatic rings. The second-order valence-electron chi connectivity index (χ2n) is 8.57. The summed E-state index contributed by atoms with van der Waals surface area (Å²) in [5.74, 6) is 0.801. The number of benzene rings is 1. The first kappa shape index (κ1) is 27.3. The van der Waals surface area contributed by atoms with Crippen molar-refractivity contribution in [2.45, 2.75) is 51.9 Å². The lowest BCUT2D eigenvalue weighted by Crippen LogP contribution is -2.33. The van der Waals surface area contributed by atoms with Gasteiger partial charge in [-0.25, -0.2) is 9.25 Å². The fourth-order valence-corrected chi connectivity index (χ4v) is 4.77. The average molecular weight is 585 g/mol. The van der Waals surface area contributed by atoms with Gasteiger partial charge in [0.25, 0.3) is 0 Å². The summed E-state index contributed by atoms with van der Waals surface area (Å²) in [6, 6.07) is 4.05. The van der Waals surface area contributed by atoms with Gasteiger partial charge in [0.2, 0.25) is 0 Å². The van der Waals surface area contributed by atoms with Crippen molar-refractivity contribution in [3.8, 4) is 5.75 Å². The number of hydrogen-bond acceptors (Lipinski definition) is 6. The fraction of sp³-hybridized carbons (Fsp3) is 0.455. The molecule has 11 heteroatoms. The van der Waals surface area contributed by atoms with E-state index in [4.69, 9.17) is 20.9 Å². The van der Waals surface area contributed by atoms with Crippen LogP contribution in [-0.2, 0) is 4.74 Å². The number of carbonyl (C=O) groups is 1. The number of carbonyl (C=O) groups excluding carboxylic acids is 1. The van der Waals surface area contributed by atoms with E-state index in [1.54, 1.807) is 12.3 Å². The average Bonchev–Trinajstić information content (AvgIpc) is 3.18. The molecule has 0 aliphatic heterocycles. The predicted molar refractivity (Wildman–Crippen MR) is 149 cm³/mol. The standard InChI is InChI=1S/C22H34BIN5O3P/c1-22(2,3)32-21(30)27-10-5-4-7-23-8-11-31-20-13-17(16(14-26)6-9-25)12-19-18(20)15-28-29(19)33-24/h6,9,12-15,23,33H,4-5,7-8,10-11,25-26H2,1-3H3,(H,27,30)/b9-6-,16-14+. The molecule has 0 spiro atoms. The van der Waals surface area contributed by atoms with Crippen LogP contribution in [0.2, 0.25) is 12.6 Å². The summed E-state index contributed by atoms with van der Waals surface area (Å²) in [4.78, 5) is 11.6. The molecule has 180 valence electrons. The van der Waals surface area contributed by atoms with Crippen molar-refractivity contribution >= 4 is 58.3 Å². The highest BCUT2D eigenvalue weighted by Crippen LogP contribution is 2.35. The maximum absolute atomic E-state index is 11.6. The van der Waals surface area contributed by atoms with Gasteiger partial charge >= 0.3 is 6.09 Å². The Labute approximate surface area is 211 Å². The third kappa shape index (κ3) is 9.08. The van der Waals surface area contributed by atoms with E-state index in [1.165, 1.54) is 6.20 Å². The number of allylic oxidation sites excluding steroid dienone is 2. The van der Waals surface area contributed by atoms with E-state index in [1.807, 2.05) is 37.5 Å². The molecule has 5 N–H and O–H groups in total. The van der Waals surface area contributed by atoms with E-state index in [9.17, 15) is 4.79 Å². The first-order chi connectivity index (χ1) is 15.8. The number of rotatable bonds is 12. The molecule has 1 unspecified atom stereocenters. The first-order valence-corrected chi connectivity index (χ1v) is 15.1. The molecule has 0 bridgehead atoms. The SMILES string of the molecule is CC(C)(C)OC(=O)NCCCCBCCOc1cc(C(/C=C\N)=C/N)cc2c1cnn2PI. The maximum atomic E-state index is 11.6. The largest absolute Gasteiger partial charge is 0.494 e. The molecule has 0 radical (unpaired) electrons. The number of hydrogen-bond donors (Lipinski definition) is 3. The number of aromatic nitrogens is 2. The molecule has 33 heavy (non-hydrogen) atoms. The summed E-state index contributed by atoms with van der Waals surface area (Å²) in [7, 11) is 1.06. The molecule has 0 fully saturated rings. The van der Waals surface area contributed by atoms with Crippen LogP contribution in [0, 0.1) is 0 Å². The lowest BCUT2D eigenvalue weighted by molar-refractivity contribution is 0.0527. The van der Waals surface area contributed by atoms with E-state index in [0.717, 1.165) is 60.6 Å². The molecule has 0 saturated carbocycles. The van der Waals surface area contributed by atoms with Gasteiger partial charge in [-0.05, 0) is 91.1 Å². The Balaban J connectivity index is 1.82. The lowest BCUT2D eigenvalue weighted by Gasteiger charge is -2.19. The molecule has 1 aromatic heterocycles. The van der Waals surface area contributed by atoms with Crippen molar-refractivity contribution in [2.75, 3.05) is 13.2 Å². The van der Waals surface area contributed by atoms with E-state index in [2.05, 4.69) is 38.5 Å². The molecule has 2 rings (SSSR count). The van der Waals surface area contributed by atoms with Crippen molar-refractivity contribution in [1.29, 1.82) is 0 Å². The monoisotopic (exact) mass is 585 g/mol. The Hall–Kier alpha value is -1.94. The van der Waals surface area contributed by atoms with E-state index >= 15 is 0 Å². The third-order valence-electron chi connectivity index (χ3n) is 4.77. The van der Waals surface area contributed by atoms with Crippen molar-refractivity contribution in [2.24, 2.45) is 11.5 Å². The van der Waals surface area contributed by atoms with Crippen molar-refractivity contribution < 1.29 is 14.3 Å².